The molecule has 0 fully saturated rings. The van der Waals surface area contributed by atoms with Gasteiger partial charge < -0.3 is 14.8 Å². The van der Waals surface area contributed by atoms with Crippen LogP contribution in [0.3, 0.4) is 0 Å². The summed E-state index contributed by atoms with van der Waals surface area (Å²) < 4.78 is 12.7. The van der Waals surface area contributed by atoms with E-state index in [4.69, 9.17) is 9.47 Å². The molecule has 4 rings (SSSR count). The largest absolute Gasteiger partial charge is 0.486 e. The molecule has 122 valence electrons. The molecule has 0 unspecified atom stereocenters. The number of carbonyl (C=O) groups excluding carboxylic acids is 1. The molecule has 0 spiro atoms. The van der Waals surface area contributed by atoms with Crippen LogP contribution >= 0.6 is 0 Å². The van der Waals surface area contributed by atoms with Gasteiger partial charge in [0.15, 0.2) is 17.1 Å². The highest BCUT2D eigenvalue weighted by Gasteiger charge is 2.16. The minimum Gasteiger partial charge on any atom is -0.486 e. The third kappa shape index (κ3) is 2.44. The topological polar surface area (TPSA) is 77.8 Å². The van der Waals surface area contributed by atoms with E-state index in [0.29, 0.717) is 36.0 Å². The van der Waals surface area contributed by atoms with Crippen LogP contribution in [0.1, 0.15) is 21.7 Å². The lowest BCUT2D eigenvalue weighted by Crippen LogP contribution is -2.18. The van der Waals surface area contributed by atoms with Gasteiger partial charge in [-0.15, -0.1) is 0 Å². The Kier molecular flexibility index (Phi) is 3.34. The van der Waals surface area contributed by atoms with Crippen molar-refractivity contribution in [1.29, 1.82) is 0 Å². The fourth-order valence-corrected chi connectivity index (χ4v) is 2.71. The van der Waals surface area contributed by atoms with E-state index in [1.165, 1.54) is 0 Å². The molecule has 1 amide bonds. The van der Waals surface area contributed by atoms with Crippen molar-refractivity contribution in [2.75, 3.05) is 18.5 Å². The Bertz CT molecular complexity index is 948. The van der Waals surface area contributed by atoms with Gasteiger partial charge in [0.2, 0.25) is 0 Å². The van der Waals surface area contributed by atoms with Crippen LogP contribution in [0, 0.1) is 13.8 Å². The van der Waals surface area contributed by atoms with Gasteiger partial charge in [0.25, 0.3) is 5.91 Å². The Morgan fingerprint density at radius 2 is 1.96 bits per heavy atom. The number of aryl methyl sites for hydroxylation is 2. The molecular formula is C17H16N4O3. The molecule has 3 heterocycles. The number of fused-ring (bicyclic) bond motifs is 2. The van der Waals surface area contributed by atoms with E-state index in [1.807, 2.05) is 19.9 Å². The highest BCUT2D eigenvalue weighted by Crippen LogP contribution is 2.32. The van der Waals surface area contributed by atoms with Crippen molar-refractivity contribution in [2.45, 2.75) is 13.8 Å². The van der Waals surface area contributed by atoms with Gasteiger partial charge in [-0.05, 0) is 26.0 Å². The fourth-order valence-electron chi connectivity index (χ4n) is 2.71. The summed E-state index contributed by atoms with van der Waals surface area (Å²) in [4.78, 5) is 16.9. The number of amides is 1. The van der Waals surface area contributed by atoms with Crippen LogP contribution in [0.4, 0.5) is 5.69 Å². The summed E-state index contributed by atoms with van der Waals surface area (Å²) in [5.74, 6) is 1.07. The molecule has 1 aliphatic rings. The number of hydrogen-bond donors (Lipinski definition) is 1. The summed E-state index contributed by atoms with van der Waals surface area (Å²) >= 11 is 0. The molecule has 0 radical (unpaired) electrons. The molecule has 24 heavy (non-hydrogen) atoms. The lowest BCUT2D eigenvalue weighted by Gasteiger charge is -2.19. The quantitative estimate of drug-likeness (QED) is 0.783. The zero-order chi connectivity index (χ0) is 16.7. The molecule has 0 aliphatic carbocycles. The minimum atomic E-state index is -0.244. The number of nitrogens with zero attached hydrogens (tertiary/aromatic N) is 3. The van der Waals surface area contributed by atoms with Crippen LogP contribution in [-0.4, -0.2) is 33.7 Å². The summed E-state index contributed by atoms with van der Waals surface area (Å²) in [6.45, 7) is 4.78. The lowest BCUT2D eigenvalue weighted by molar-refractivity contribution is 0.102. The molecule has 1 aliphatic heterocycles. The van der Waals surface area contributed by atoms with Crippen LogP contribution in [0.2, 0.25) is 0 Å². The Morgan fingerprint density at radius 1 is 1.17 bits per heavy atom. The highest BCUT2D eigenvalue weighted by atomic mass is 16.6. The van der Waals surface area contributed by atoms with Gasteiger partial charge in [0.05, 0.1) is 17.0 Å². The van der Waals surface area contributed by atoms with E-state index in [9.17, 15) is 4.79 Å². The number of nitrogens with one attached hydrogen (secondary N) is 1. The van der Waals surface area contributed by atoms with Gasteiger partial charge in [0, 0.05) is 24.0 Å². The molecule has 3 aromatic rings. The number of aromatic nitrogens is 3. The fraction of sp³-hybridized carbons (Fsp3) is 0.235. The third-order valence-corrected chi connectivity index (χ3v) is 3.89. The summed E-state index contributed by atoms with van der Waals surface area (Å²) in [7, 11) is 0. The molecule has 7 nitrogen and oxygen atoms in total. The Labute approximate surface area is 138 Å². The van der Waals surface area contributed by atoms with Crippen LogP contribution in [-0.2, 0) is 0 Å². The zero-order valence-electron chi connectivity index (χ0n) is 13.4. The maximum atomic E-state index is 12.6. The van der Waals surface area contributed by atoms with Crippen molar-refractivity contribution >= 4 is 17.2 Å². The Morgan fingerprint density at radius 3 is 2.79 bits per heavy atom. The van der Waals surface area contributed by atoms with Gasteiger partial charge in [-0.3, -0.25) is 4.79 Å². The average molecular weight is 324 g/mol. The van der Waals surface area contributed by atoms with E-state index in [-0.39, 0.29) is 5.91 Å². The van der Waals surface area contributed by atoms with Crippen LogP contribution in [0.5, 0.6) is 11.5 Å². The first-order chi connectivity index (χ1) is 11.6. The Hall–Kier alpha value is -3.09. The molecule has 0 saturated carbocycles. The van der Waals surface area contributed by atoms with Crippen molar-refractivity contribution < 1.29 is 14.3 Å². The average Bonchev–Trinajstić information content (AvgIpc) is 2.96. The highest BCUT2D eigenvalue weighted by molar-refractivity contribution is 6.05. The van der Waals surface area contributed by atoms with E-state index in [0.717, 1.165) is 17.0 Å². The first-order valence-electron chi connectivity index (χ1n) is 7.65. The van der Waals surface area contributed by atoms with Gasteiger partial charge in [-0.1, -0.05) is 0 Å². The van der Waals surface area contributed by atoms with Crippen LogP contribution in [0.25, 0.3) is 5.65 Å². The molecule has 0 bridgehead atoms. The second-order valence-electron chi connectivity index (χ2n) is 5.63. The first-order valence-corrected chi connectivity index (χ1v) is 7.65. The van der Waals surface area contributed by atoms with Gasteiger partial charge in [-0.2, -0.15) is 5.10 Å². The van der Waals surface area contributed by atoms with Crippen molar-refractivity contribution in [1.82, 2.24) is 14.6 Å². The van der Waals surface area contributed by atoms with Crippen molar-refractivity contribution in [2.24, 2.45) is 0 Å². The SMILES string of the molecule is Cc1cc2ncc(C(=O)Nc3ccc4c(c3)OCCO4)c(C)n2n1. The predicted molar refractivity (Wildman–Crippen MR) is 87.8 cm³/mol. The standard InChI is InChI=1S/C17H16N4O3/c1-10-7-16-18-9-13(11(2)21(16)20-10)17(22)19-12-3-4-14-15(8-12)24-6-5-23-14/h3-4,7-9H,5-6H2,1-2H3,(H,19,22). The summed E-state index contributed by atoms with van der Waals surface area (Å²) in [5.41, 5.74) is 3.43. The molecule has 0 saturated heterocycles. The number of hydrogen-bond acceptors (Lipinski definition) is 5. The summed E-state index contributed by atoms with van der Waals surface area (Å²) in [6, 6.07) is 7.20. The van der Waals surface area contributed by atoms with Gasteiger partial charge in [-0.25, -0.2) is 9.50 Å². The lowest BCUT2D eigenvalue weighted by atomic mass is 10.2. The molecular weight excluding hydrogens is 308 g/mol. The molecule has 2 aromatic heterocycles. The van der Waals surface area contributed by atoms with Crippen molar-refractivity contribution in [3.05, 3.63) is 47.4 Å². The van der Waals surface area contributed by atoms with E-state index in [1.54, 1.807) is 28.9 Å². The zero-order valence-corrected chi connectivity index (χ0v) is 13.4. The minimum absolute atomic E-state index is 0.244. The Balaban J connectivity index is 1.63. The monoisotopic (exact) mass is 324 g/mol. The van der Waals surface area contributed by atoms with E-state index >= 15 is 0 Å². The number of ether oxygens (including phenoxy) is 2. The number of rotatable bonds is 2. The molecule has 7 heteroatoms. The van der Waals surface area contributed by atoms with Crippen LogP contribution < -0.4 is 14.8 Å². The maximum Gasteiger partial charge on any atom is 0.259 e. The van der Waals surface area contributed by atoms with Crippen molar-refractivity contribution in [3.63, 3.8) is 0 Å². The molecule has 0 atom stereocenters. The maximum absolute atomic E-state index is 12.6. The van der Waals surface area contributed by atoms with E-state index in [2.05, 4.69) is 15.4 Å². The summed E-state index contributed by atoms with van der Waals surface area (Å²) in [5, 5.41) is 7.22. The second-order valence-corrected chi connectivity index (χ2v) is 5.63. The van der Waals surface area contributed by atoms with Crippen LogP contribution in [0.15, 0.2) is 30.5 Å². The summed E-state index contributed by atoms with van der Waals surface area (Å²) in [6.07, 6.45) is 1.57. The normalized spacial score (nSPS) is 13.1. The first kappa shape index (κ1) is 14.5. The second kappa shape index (κ2) is 5.52. The van der Waals surface area contributed by atoms with E-state index < -0.39 is 0 Å². The number of carbonyl (C=O) groups is 1. The van der Waals surface area contributed by atoms with Gasteiger partial charge >= 0.3 is 0 Å². The third-order valence-electron chi connectivity index (χ3n) is 3.89. The molecule has 1 N–H and O–H groups in total. The smallest absolute Gasteiger partial charge is 0.259 e. The predicted octanol–water partition coefficient (Wildman–Crippen LogP) is 2.37. The van der Waals surface area contributed by atoms with Crippen molar-refractivity contribution in [3.8, 4) is 11.5 Å². The van der Waals surface area contributed by atoms with Gasteiger partial charge in [0.1, 0.15) is 13.2 Å². The number of anilines is 1. The number of benzene rings is 1. The molecule has 1 aromatic carbocycles.